The Morgan fingerprint density at radius 2 is 1.55 bits per heavy atom. The molecule has 0 aromatic carbocycles. The Kier molecular flexibility index (Phi) is 9.38. The lowest BCUT2D eigenvalue weighted by Gasteiger charge is -2.07. The molecule has 1 N–H and O–H groups in total. The molecule has 0 spiro atoms. The van der Waals surface area contributed by atoms with E-state index < -0.39 is 0 Å². The van der Waals surface area contributed by atoms with Gasteiger partial charge in [0.15, 0.2) is 0 Å². The van der Waals surface area contributed by atoms with Crippen molar-refractivity contribution in [3.63, 3.8) is 0 Å². The summed E-state index contributed by atoms with van der Waals surface area (Å²) in [5.41, 5.74) is 0.809. The molecule has 3 nitrogen and oxygen atoms in total. The predicted molar refractivity (Wildman–Crippen MR) is 84.6 cm³/mol. The fourth-order valence-corrected chi connectivity index (χ4v) is 2.58. The van der Waals surface area contributed by atoms with Crippen LogP contribution < -0.4 is 0 Å². The van der Waals surface area contributed by atoms with Crippen molar-refractivity contribution in [1.29, 1.82) is 0 Å². The zero-order valence-electron chi connectivity index (χ0n) is 13.4. The van der Waals surface area contributed by atoms with E-state index in [-0.39, 0.29) is 6.10 Å². The van der Waals surface area contributed by atoms with Crippen LogP contribution in [0.25, 0.3) is 0 Å². The van der Waals surface area contributed by atoms with E-state index in [0.29, 0.717) is 0 Å². The number of aromatic nitrogens is 2. The molecule has 3 heteroatoms. The summed E-state index contributed by atoms with van der Waals surface area (Å²) >= 11 is 0. The van der Waals surface area contributed by atoms with E-state index >= 15 is 0 Å². The van der Waals surface area contributed by atoms with Gasteiger partial charge in [-0.2, -0.15) is 5.10 Å². The quantitative estimate of drug-likeness (QED) is 0.560. The first-order chi connectivity index (χ1) is 9.74. The van der Waals surface area contributed by atoms with Crippen molar-refractivity contribution < 1.29 is 5.11 Å². The summed E-state index contributed by atoms with van der Waals surface area (Å²) < 4.78 is 1.75. The molecule has 1 aromatic heterocycles. The van der Waals surface area contributed by atoms with Gasteiger partial charge in [0, 0.05) is 13.2 Å². The Morgan fingerprint density at radius 1 is 1.00 bits per heavy atom. The average Bonchev–Trinajstić information content (AvgIpc) is 2.87. The van der Waals surface area contributed by atoms with E-state index in [2.05, 4.69) is 12.0 Å². The standard InChI is InChI=1S/C17H32N2O/c1-3-4-5-6-7-8-9-10-11-12-13-17(20)16-14-15-19(2)18-16/h14-15,17,20H,3-13H2,1-2H3. The van der Waals surface area contributed by atoms with Crippen LogP contribution in [0, 0.1) is 0 Å². The van der Waals surface area contributed by atoms with Crippen LogP contribution in [0.15, 0.2) is 12.3 Å². The van der Waals surface area contributed by atoms with Gasteiger partial charge in [-0.05, 0) is 12.5 Å². The minimum Gasteiger partial charge on any atom is -0.387 e. The van der Waals surface area contributed by atoms with Crippen LogP contribution in [0.3, 0.4) is 0 Å². The summed E-state index contributed by atoms with van der Waals surface area (Å²) in [5, 5.41) is 14.2. The van der Waals surface area contributed by atoms with Crippen LogP contribution in [0.5, 0.6) is 0 Å². The van der Waals surface area contributed by atoms with Crippen molar-refractivity contribution in [2.45, 2.75) is 83.7 Å². The maximum Gasteiger partial charge on any atom is 0.0978 e. The molecule has 0 radical (unpaired) electrons. The van der Waals surface area contributed by atoms with Gasteiger partial charge in [-0.1, -0.05) is 71.1 Å². The highest BCUT2D eigenvalue weighted by Gasteiger charge is 2.09. The van der Waals surface area contributed by atoms with E-state index in [1.807, 2.05) is 19.3 Å². The first kappa shape index (κ1) is 17.2. The van der Waals surface area contributed by atoms with Gasteiger partial charge >= 0.3 is 0 Å². The molecule has 1 aromatic rings. The van der Waals surface area contributed by atoms with Gasteiger partial charge in [0.1, 0.15) is 0 Å². The molecule has 20 heavy (non-hydrogen) atoms. The predicted octanol–water partition coefficient (Wildman–Crippen LogP) is 4.76. The van der Waals surface area contributed by atoms with Crippen molar-refractivity contribution in [3.8, 4) is 0 Å². The summed E-state index contributed by atoms with van der Waals surface area (Å²) in [6.45, 7) is 2.26. The largest absolute Gasteiger partial charge is 0.387 e. The van der Waals surface area contributed by atoms with Crippen LogP contribution in [0.2, 0.25) is 0 Å². The van der Waals surface area contributed by atoms with Crippen LogP contribution in [0.4, 0.5) is 0 Å². The van der Waals surface area contributed by atoms with Gasteiger partial charge in [-0.3, -0.25) is 4.68 Å². The van der Waals surface area contributed by atoms with E-state index in [0.717, 1.165) is 18.5 Å². The highest BCUT2D eigenvalue weighted by molar-refractivity contribution is 5.02. The molecule has 1 heterocycles. The smallest absolute Gasteiger partial charge is 0.0978 e. The molecule has 1 atom stereocenters. The number of hydrogen-bond donors (Lipinski definition) is 1. The minimum absolute atomic E-state index is 0.384. The van der Waals surface area contributed by atoms with E-state index in [1.54, 1.807) is 4.68 Å². The SMILES string of the molecule is CCCCCCCCCCCCC(O)c1ccn(C)n1. The Labute approximate surface area is 124 Å². The number of rotatable bonds is 12. The third-order valence-electron chi connectivity index (χ3n) is 3.91. The fourth-order valence-electron chi connectivity index (χ4n) is 2.58. The molecule has 0 saturated heterocycles. The zero-order chi connectivity index (χ0) is 14.6. The van der Waals surface area contributed by atoms with E-state index in [1.165, 1.54) is 57.8 Å². The molecule has 0 aliphatic heterocycles. The van der Waals surface area contributed by atoms with Gasteiger partial charge in [0.25, 0.3) is 0 Å². The summed E-state index contributed by atoms with van der Waals surface area (Å²) in [6.07, 6.45) is 15.7. The van der Waals surface area contributed by atoms with Gasteiger partial charge < -0.3 is 5.11 Å². The van der Waals surface area contributed by atoms with Crippen molar-refractivity contribution in [2.24, 2.45) is 7.05 Å². The lowest BCUT2D eigenvalue weighted by atomic mass is 10.0. The lowest BCUT2D eigenvalue weighted by Crippen LogP contribution is -2.00. The molecular formula is C17H32N2O. The molecule has 116 valence electrons. The summed E-state index contributed by atoms with van der Waals surface area (Å²) in [4.78, 5) is 0. The number of nitrogens with zero attached hydrogens (tertiary/aromatic N) is 2. The van der Waals surface area contributed by atoms with E-state index in [4.69, 9.17) is 0 Å². The van der Waals surface area contributed by atoms with Gasteiger partial charge in [0.05, 0.1) is 11.8 Å². The first-order valence-corrected chi connectivity index (χ1v) is 8.41. The maximum atomic E-state index is 9.98. The summed E-state index contributed by atoms with van der Waals surface area (Å²) in [6, 6.07) is 1.90. The topological polar surface area (TPSA) is 38.0 Å². The van der Waals surface area contributed by atoms with Crippen LogP contribution in [-0.4, -0.2) is 14.9 Å². The number of hydrogen-bond acceptors (Lipinski definition) is 2. The molecule has 0 bridgehead atoms. The monoisotopic (exact) mass is 280 g/mol. The number of aliphatic hydroxyl groups is 1. The van der Waals surface area contributed by atoms with Crippen molar-refractivity contribution in [3.05, 3.63) is 18.0 Å². The molecule has 0 aliphatic carbocycles. The van der Waals surface area contributed by atoms with Crippen molar-refractivity contribution in [2.75, 3.05) is 0 Å². The molecule has 0 amide bonds. The molecule has 1 unspecified atom stereocenters. The molecule has 0 saturated carbocycles. The second-order valence-corrected chi connectivity index (χ2v) is 5.90. The summed E-state index contributed by atoms with van der Waals surface area (Å²) in [7, 11) is 1.89. The minimum atomic E-state index is -0.384. The first-order valence-electron chi connectivity index (χ1n) is 8.41. The van der Waals surface area contributed by atoms with Gasteiger partial charge in [-0.25, -0.2) is 0 Å². The molecule has 0 fully saturated rings. The number of unbranched alkanes of at least 4 members (excludes halogenated alkanes) is 9. The third-order valence-corrected chi connectivity index (χ3v) is 3.91. The number of aliphatic hydroxyl groups excluding tert-OH is 1. The van der Waals surface area contributed by atoms with Crippen LogP contribution >= 0.6 is 0 Å². The molecule has 1 rings (SSSR count). The van der Waals surface area contributed by atoms with Gasteiger partial charge in [0.2, 0.25) is 0 Å². The highest BCUT2D eigenvalue weighted by atomic mass is 16.3. The highest BCUT2D eigenvalue weighted by Crippen LogP contribution is 2.18. The molecular weight excluding hydrogens is 248 g/mol. The fraction of sp³-hybridized carbons (Fsp3) is 0.824. The third kappa shape index (κ3) is 7.68. The van der Waals surface area contributed by atoms with Crippen molar-refractivity contribution >= 4 is 0 Å². The van der Waals surface area contributed by atoms with Crippen LogP contribution in [-0.2, 0) is 7.05 Å². The maximum absolute atomic E-state index is 9.98. The Hall–Kier alpha value is -0.830. The Bertz CT molecular complexity index is 335. The van der Waals surface area contributed by atoms with Gasteiger partial charge in [-0.15, -0.1) is 0 Å². The molecule has 0 aliphatic rings. The number of aryl methyl sites for hydroxylation is 1. The second-order valence-electron chi connectivity index (χ2n) is 5.90. The summed E-state index contributed by atoms with van der Waals surface area (Å²) in [5.74, 6) is 0. The Morgan fingerprint density at radius 3 is 2.05 bits per heavy atom. The normalized spacial score (nSPS) is 12.8. The van der Waals surface area contributed by atoms with E-state index in [9.17, 15) is 5.11 Å². The average molecular weight is 280 g/mol. The Balaban J connectivity index is 1.89. The van der Waals surface area contributed by atoms with Crippen molar-refractivity contribution in [1.82, 2.24) is 9.78 Å². The van der Waals surface area contributed by atoms with Crippen LogP contribution in [0.1, 0.15) is 89.4 Å². The zero-order valence-corrected chi connectivity index (χ0v) is 13.4. The second kappa shape index (κ2) is 10.9. The lowest BCUT2D eigenvalue weighted by molar-refractivity contribution is 0.158.